The summed E-state index contributed by atoms with van der Waals surface area (Å²) in [5.74, 6) is 0.974. The predicted molar refractivity (Wildman–Crippen MR) is 132 cm³/mol. The van der Waals surface area contributed by atoms with Crippen LogP contribution in [-0.4, -0.2) is 31.3 Å². The van der Waals surface area contributed by atoms with Crippen LogP contribution in [0.5, 0.6) is 5.75 Å². The van der Waals surface area contributed by atoms with Gasteiger partial charge in [0.05, 0.1) is 5.69 Å². The highest BCUT2D eigenvalue weighted by molar-refractivity contribution is 7.92. The number of hydrogen-bond donors (Lipinski definition) is 1. The van der Waals surface area contributed by atoms with Crippen LogP contribution in [0.3, 0.4) is 0 Å². The first-order valence-corrected chi connectivity index (χ1v) is 13.0. The fourth-order valence-corrected chi connectivity index (χ4v) is 4.79. The minimum atomic E-state index is -2.34. The van der Waals surface area contributed by atoms with E-state index in [2.05, 4.69) is 14.3 Å². The third-order valence-corrected chi connectivity index (χ3v) is 6.31. The maximum atomic E-state index is 14.2. The van der Waals surface area contributed by atoms with Crippen molar-refractivity contribution in [1.82, 2.24) is 14.5 Å². The average Bonchev–Trinajstić information content (AvgIpc) is 3.22. The van der Waals surface area contributed by atoms with E-state index in [9.17, 15) is 8.60 Å². The molecule has 4 aromatic rings. The standard InChI is InChI=1S/C25H24FN5O2S/c1-15-21-11-18(26)5-7-20(21)25-28-8-9-31(25)14-16-4-6-19(30-34(2,3)32)12-22(16)17-10-23(33-15)24(27)29-13-17/h4-13,15H,14H2,1-3H3,(H2,27,29)/t15-/m1/s1. The Hall–Kier alpha value is -3.72. The quantitative estimate of drug-likeness (QED) is 0.407. The molecule has 0 unspecified atom stereocenters. The Morgan fingerprint density at radius 3 is 2.76 bits per heavy atom. The molecule has 7 nitrogen and oxygen atoms in total. The molecule has 0 aliphatic carbocycles. The Balaban J connectivity index is 1.78. The molecule has 0 saturated carbocycles. The summed E-state index contributed by atoms with van der Waals surface area (Å²) in [5, 5.41) is 0. The van der Waals surface area contributed by atoms with E-state index in [0.717, 1.165) is 22.3 Å². The number of fused-ring (bicyclic) bond motifs is 7. The minimum absolute atomic E-state index is 0.236. The topological polar surface area (TPSA) is 95.4 Å². The van der Waals surface area contributed by atoms with Crippen LogP contribution in [0, 0.1) is 5.82 Å². The summed E-state index contributed by atoms with van der Waals surface area (Å²) in [7, 11) is -2.34. The van der Waals surface area contributed by atoms with Crippen molar-refractivity contribution in [2.75, 3.05) is 18.2 Å². The van der Waals surface area contributed by atoms with Crippen molar-refractivity contribution in [3.63, 3.8) is 0 Å². The Morgan fingerprint density at radius 2 is 1.97 bits per heavy atom. The highest BCUT2D eigenvalue weighted by Gasteiger charge is 2.21. The molecule has 174 valence electrons. The molecule has 34 heavy (non-hydrogen) atoms. The summed E-state index contributed by atoms with van der Waals surface area (Å²) in [4.78, 5) is 8.91. The molecule has 3 heterocycles. The summed E-state index contributed by atoms with van der Waals surface area (Å²) in [5.41, 5.74) is 10.8. The molecule has 2 bridgehead atoms. The zero-order valence-corrected chi connectivity index (χ0v) is 19.8. The van der Waals surface area contributed by atoms with Gasteiger partial charge >= 0.3 is 0 Å². The Morgan fingerprint density at radius 1 is 1.15 bits per heavy atom. The highest BCUT2D eigenvalue weighted by Crippen LogP contribution is 2.37. The number of nitrogens with two attached hydrogens (primary N) is 1. The number of aromatic nitrogens is 3. The predicted octanol–water partition coefficient (Wildman–Crippen LogP) is 5.19. The van der Waals surface area contributed by atoms with Crippen molar-refractivity contribution in [3.05, 3.63) is 78.0 Å². The van der Waals surface area contributed by atoms with E-state index in [4.69, 9.17) is 10.5 Å². The molecule has 1 aliphatic heterocycles. The van der Waals surface area contributed by atoms with E-state index in [1.807, 2.05) is 42.0 Å². The number of benzene rings is 2. The second-order valence-electron chi connectivity index (χ2n) is 8.59. The first-order valence-electron chi connectivity index (χ1n) is 10.7. The molecule has 0 amide bonds. The number of pyridine rings is 1. The first-order chi connectivity index (χ1) is 16.2. The molecule has 1 atom stereocenters. The van der Waals surface area contributed by atoms with Crippen molar-refractivity contribution in [3.8, 4) is 28.3 Å². The average molecular weight is 478 g/mol. The van der Waals surface area contributed by atoms with Gasteiger partial charge in [-0.2, -0.15) is 4.36 Å². The van der Waals surface area contributed by atoms with Gasteiger partial charge in [0.2, 0.25) is 0 Å². The normalized spacial score (nSPS) is 15.1. The summed E-state index contributed by atoms with van der Waals surface area (Å²) in [6, 6.07) is 12.1. The van der Waals surface area contributed by atoms with E-state index in [1.54, 1.807) is 31.0 Å². The van der Waals surface area contributed by atoms with E-state index < -0.39 is 15.8 Å². The second kappa shape index (κ2) is 8.25. The summed E-state index contributed by atoms with van der Waals surface area (Å²) < 4.78 is 39.1. The van der Waals surface area contributed by atoms with Gasteiger partial charge in [0.25, 0.3) is 0 Å². The van der Waals surface area contributed by atoms with Crippen LogP contribution in [0.4, 0.5) is 15.9 Å². The van der Waals surface area contributed by atoms with Gasteiger partial charge in [-0.3, -0.25) is 0 Å². The Labute approximate surface area is 197 Å². The van der Waals surface area contributed by atoms with Crippen molar-refractivity contribution < 1.29 is 13.3 Å². The lowest BCUT2D eigenvalue weighted by molar-refractivity contribution is 0.227. The maximum absolute atomic E-state index is 14.2. The molecular formula is C25H24FN5O2S. The number of nitrogens with zero attached hydrogens (tertiary/aromatic N) is 4. The smallest absolute Gasteiger partial charge is 0.166 e. The van der Waals surface area contributed by atoms with Crippen LogP contribution in [-0.2, 0) is 16.3 Å². The third-order valence-electron chi connectivity index (χ3n) is 5.66. The number of nitrogen functional groups attached to an aromatic ring is 1. The van der Waals surface area contributed by atoms with Crippen molar-refractivity contribution >= 4 is 21.2 Å². The number of imidazole rings is 1. The maximum Gasteiger partial charge on any atom is 0.166 e. The summed E-state index contributed by atoms with van der Waals surface area (Å²) in [6.45, 7) is 2.35. The lowest BCUT2D eigenvalue weighted by atomic mass is 9.98. The van der Waals surface area contributed by atoms with Gasteiger partial charge in [0.15, 0.2) is 11.6 Å². The van der Waals surface area contributed by atoms with Crippen LogP contribution in [0.25, 0.3) is 22.5 Å². The molecule has 9 heteroatoms. The van der Waals surface area contributed by atoms with Gasteiger partial charge in [-0.05, 0) is 54.4 Å². The monoisotopic (exact) mass is 477 g/mol. The van der Waals surface area contributed by atoms with Crippen LogP contribution in [0.15, 0.2) is 65.4 Å². The van der Waals surface area contributed by atoms with E-state index in [-0.39, 0.29) is 11.6 Å². The molecule has 1 aliphatic rings. The van der Waals surface area contributed by atoms with Gasteiger partial charge in [-0.25, -0.2) is 18.6 Å². The fourth-order valence-electron chi connectivity index (χ4n) is 4.17. The van der Waals surface area contributed by atoms with Gasteiger partial charge in [0, 0.05) is 64.1 Å². The Bertz CT molecular complexity index is 1530. The van der Waals surface area contributed by atoms with Crippen molar-refractivity contribution in [1.29, 1.82) is 0 Å². The number of ether oxygens (including phenoxy) is 1. The molecule has 0 spiro atoms. The number of rotatable bonds is 1. The minimum Gasteiger partial charge on any atom is -0.482 e. The molecule has 0 radical (unpaired) electrons. The second-order valence-corrected chi connectivity index (χ2v) is 11.1. The first kappa shape index (κ1) is 22.1. The SMILES string of the molecule is C[C@H]1Oc2cc(cnc2N)-c2cc(N=S(C)(C)=O)ccc2Cn2ccnc2-c2ccc(F)cc21. The van der Waals surface area contributed by atoms with Gasteiger partial charge in [0.1, 0.15) is 17.7 Å². The molecule has 0 saturated heterocycles. The molecule has 5 rings (SSSR count). The van der Waals surface area contributed by atoms with Crippen LogP contribution < -0.4 is 10.5 Å². The van der Waals surface area contributed by atoms with Crippen molar-refractivity contribution in [2.45, 2.75) is 19.6 Å². The lowest BCUT2D eigenvalue weighted by Crippen LogP contribution is -2.11. The van der Waals surface area contributed by atoms with Gasteiger partial charge < -0.3 is 15.0 Å². The summed E-state index contributed by atoms with van der Waals surface area (Å²) >= 11 is 0. The molecule has 0 fully saturated rings. The molecular weight excluding hydrogens is 453 g/mol. The third kappa shape index (κ3) is 4.26. The molecule has 2 aromatic carbocycles. The van der Waals surface area contributed by atoms with E-state index >= 15 is 0 Å². The summed E-state index contributed by atoms with van der Waals surface area (Å²) in [6.07, 6.45) is 7.98. The molecule has 2 aromatic heterocycles. The van der Waals surface area contributed by atoms with Gasteiger partial charge in [-0.1, -0.05) is 6.07 Å². The Kier molecular flexibility index (Phi) is 5.36. The van der Waals surface area contributed by atoms with Gasteiger partial charge in [-0.15, -0.1) is 0 Å². The van der Waals surface area contributed by atoms with Crippen LogP contribution in [0.2, 0.25) is 0 Å². The lowest BCUT2D eigenvalue weighted by Gasteiger charge is -2.22. The largest absolute Gasteiger partial charge is 0.482 e. The van der Waals surface area contributed by atoms with Crippen LogP contribution >= 0.6 is 0 Å². The number of hydrogen-bond acceptors (Lipinski definition) is 6. The van der Waals surface area contributed by atoms with E-state index in [1.165, 1.54) is 12.1 Å². The highest BCUT2D eigenvalue weighted by atomic mass is 32.2. The number of anilines is 1. The van der Waals surface area contributed by atoms with Crippen LogP contribution in [0.1, 0.15) is 24.2 Å². The zero-order valence-electron chi connectivity index (χ0n) is 19.0. The van der Waals surface area contributed by atoms with Crippen molar-refractivity contribution in [2.24, 2.45) is 4.36 Å². The molecule has 2 N–H and O–H groups in total. The van der Waals surface area contributed by atoms with E-state index in [0.29, 0.717) is 29.4 Å². The zero-order chi connectivity index (χ0) is 24.0. The number of halogens is 1. The fraction of sp³-hybridized carbons (Fsp3) is 0.200.